The van der Waals surface area contributed by atoms with Crippen LogP contribution in [0.15, 0.2) is 12.1 Å². The summed E-state index contributed by atoms with van der Waals surface area (Å²) < 4.78 is 0. The molecule has 1 unspecified atom stereocenters. The normalized spacial score (nSPS) is 13.6. The highest BCUT2D eigenvalue weighted by atomic mass is 32.1. The van der Waals surface area contributed by atoms with Gasteiger partial charge in [0.2, 0.25) is 0 Å². The van der Waals surface area contributed by atoms with Crippen molar-refractivity contribution >= 4 is 11.3 Å². The van der Waals surface area contributed by atoms with Gasteiger partial charge in [-0.3, -0.25) is 5.32 Å². The van der Waals surface area contributed by atoms with Gasteiger partial charge in [-0.1, -0.05) is 0 Å². The van der Waals surface area contributed by atoms with Crippen LogP contribution in [0.1, 0.15) is 36.6 Å². The number of rotatable bonds is 3. The van der Waals surface area contributed by atoms with E-state index in [4.69, 9.17) is 5.26 Å². The van der Waals surface area contributed by atoms with Crippen molar-refractivity contribution in [3.63, 3.8) is 0 Å². The van der Waals surface area contributed by atoms with Gasteiger partial charge in [0.05, 0.1) is 6.07 Å². The Kier molecular flexibility index (Phi) is 3.30. The summed E-state index contributed by atoms with van der Waals surface area (Å²) in [6.07, 6.45) is 0. The number of thiophene rings is 1. The molecule has 2 nitrogen and oxygen atoms in total. The molecule has 1 aromatic rings. The third-order valence-electron chi connectivity index (χ3n) is 2.04. The van der Waals surface area contributed by atoms with Crippen molar-refractivity contribution in [1.82, 2.24) is 5.32 Å². The van der Waals surface area contributed by atoms with E-state index in [1.165, 1.54) is 9.75 Å². The molecule has 0 saturated heterocycles. The second-order valence-corrected chi connectivity index (χ2v) is 5.37. The average Bonchev–Trinajstić information content (AvgIpc) is 2.51. The maximum atomic E-state index is 8.89. The summed E-state index contributed by atoms with van der Waals surface area (Å²) in [4.78, 5) is 2.59. The van der Waals surface area contributed by atoms with Crippen LogP contribution in [0.5, 0.6) is 0 Å². The summed E-state index contributed by atoms with van der Waals surface area (Å²) in [5, 5.41) is 12.2. The smallest absolute Gasteiger partial charge is 0.101 e. The van der Waals surface area contributed by atoms with Gasteiger partial charge in [-0.15, -0.1) is 11.3 Å². The van der Waals surface area contributed by atoms with Crippen molar-refractivity contribution in [1.29, 1.82) is 5.26 Å². The molecule has 0 radical (unpaired) electrons. The zero-order chi connectivity index (χ0) is 10.8. The quantitative estimate of drug-likeness (QED) is 0.828. The maximum Gasteiger partial charge on any atom is 0.101 e. The van der Waals surface area contributed by atoms with E-state index in [-0.39, 0.29) is 6.04 Å². The highest BCUT2D eigenvalue weighted by Gasteiger charge is 2.20. The van der Waals surface area contributed by atoms with E-state index in [9.17, 15) is 0 Å². The number of aryl methyl sites for hydroxylation is 1. The predicted molar refractivity (Wildman–Crippen MR) is 60.3 cm³/mol. The van der Waals surface area contributed by atoms with Crippen LogP contribution in [-0.4, -0.2) is 5.54 Å². The fraction of sp³-hybridized carbons (Fsp3) is 0.545. The number of nitriles is 1. The standard InChI is InChI=1S/C11H16N2S/c1-8-5-6-10(14-8)9(2)13-11(3,4)7-12/h5-6,9,13H,1-4H3. The van der Waals surface area contributed by atoms with E-state index < -0.39 is 5.54 Å². The second kappa shape index (κ2) is 4.12. The van der Waals surface area contributed by atoms with Crippen LogP contribution in [0.2, 0.25) is 0 Å². The van der Waals surface area contributed by atoms with Crippen LogP contribution in [0, 0.1) is 18.3 Å². The zero-order valence-corrected chi connectivity index (χ0v) is 9.90. The predicted octanol–water partition coefficient (Wildman–Crippen LogP) is 3.01. The molecule has 1 heterocycles. The van der Waals surface area contributed by atoms with Gasteiger partial charge in [0.15, 0.2) is 0 Å². The van der Waals surface area contributed by atoms with E-state index in [1.54, 1.807) is 11.3 Å². The fourth-order valence-electron chi connectivity index (χ4n) is 1.33. The van der Waals surface area contributed by atoms with Gasteiger partial charge in [-0.2, -0.15) is 5.26 Å². The third-order valence-corrected chi connectivity index (χ3v) is 3.23. The molecule has 1 N–H and O–H groups in total. The molecule has 0 fully saturated rings. The van der Waals surface area contributed by atoms with Gasteiger partial charge in [0.25, 0.3) is 0 Å². The number of hydrogen-bond acceptors (Lipinski definition) is 3. The van der Waals surface area contributed by atoms with Gasteiger partial charge in [0, 0.05) is 15.8 Å². The van der Waals surface area contributed by atoms with Gasteiger partial charge >= 0.3 is 0 Å². The maximum absolute atomic E-state index is 8.89. The van der Waals surface area contributed by atoms with Crippen molar-refractivity contribution in [3.8, 4) is 6.07 Å². The van der Waals surface area contributed by atoms with Gasteiger partial charge in [0.1, 0.15) is 5.54 Å². The average molecular weight is 208 g/mol. The summed E-state index contributed by atoms with van der Waals surface area (Å²) >= 11 is 1.78. The summed E-state index contributed by atoms with van der Waals surface area (Å²) in [5.41, 5.74) is -0.461. The Hall–Kier alpha value is -0.850. The fourth-order valence-corrected chi connectivity index (χ4v) is 2.21. The SMILES string of the molecule is Cc1ccc(C(C)NC(C)(C)C#N)s1. The number of nitrogens with zero attached hydrogens (tertiary/aromatic N) is 1. The molecule has 76 valence electrons. The molecule has 0 spiro atoms. The van der Waals surface area contributed by atoms with Crippen LogP contribution in [0.25, 0.3) is 0 Å². The van der Waals surface area contributed by atoms with Gasteiger partial charge < -0.3 is 0 Å². The lowest BCUT2D eigenvalue weighted by atomic mass is 10.1. The first kappa shape index (κ1) is 11.2. The van der Waals surface area contributed by atoms with Gasteiger partial charge in [-0.25, -0.2) is 0 Å². The first-order valence-corrected chi connectivity index (χ1v) is 5.51. The van der Waals surface area contributed by atoms with E-state index in [2.05, 4.69) is 37.4 Å². The lowest BCUT2D eigenvalue weighted by Gasteiger charge is -2.22. The largest absolute Gasteiger partial charge is 0.292 e. The third kappa shape index (κ3) is 2.83. The summed E-state index contributed by atoms with van der Waals surface area (Å²) in [7, 11) is 0. The monoisotopic (exact) mass is 208 g/mol. The van der Waals surface area contributed by atoms with Crippen LogP contribution in [-0.2, 0) is 0 Å². The molecular weight excluding hydrogens is 192 g/mol. The molecular formula is C11H16N2S. The molecule has 0 aromatic carbocycles. The second-order valence-electron chi connectivity index (χ2n) is 4.05. The van der Waals surface area contributed by atoms with E-state index in [1.807, 2.05) is 13.8 Å². The van der Waals surface area contributed by atoms with Crippen LogP contribution < -0.4 is 5.32 Å². The molecule has 14 heavy (non-hydrogen) atoms. The molecule has 0 saturated carbocycles. The number of hydrogen-bond donors (Lipinski definition) is 1. The molecule has 0 bridgehead atoms. The lowest BCUT2D eigenvalue weighted by molar-refractivity contribution is 0.431. The highest BCUT2D eigenvalue weighted by molar-refractivity contribution is 7.12. The van der Waals surface area contributed by atoms with Crippen molar-refractivity contribution in [2.45, 2.75) is 39.3 Å². The van der Waals surface area contributed by atoms with Crippen LogP contribution >= 0.6 is 11.3 Å². The molecule has 0 aliphatic heterocycles. The molecule has 0 amide bonds. The molecule has 3 heteroatoms. The molecule has 0 aliphatic carbocycles. The molecule has 1 aromatic heterocycles. The van der Waals surface area contributed by atoms with E-state index in [0.29, 0.717) is 0 Å². The summed E-state index contributed by atoms with van der Waals surface area (Å²) in [6.45, 7) is 7.97. The summed E-state index contributed by atoms with van der Waals surface area (Å²) in [6, 6.07) is 6.71. The summed E-state index contributed by atoms with van der Waals surface area (Å²) in [5.74, 6) is 0. The Balaban J connectivity index is 2.69. The number of nitrogens with one attached hydrogen (secondary N) is 1. The Morgan fingerprint density at radius 3 is 2.57 bits per heavy atom. The van der Waals surface area contributed by atoms with Crippen molar-refractivity contribution in [2.75, 3.05) is 0 Å². The van der Waals surface area contributed by atoms with Crippen LogP contribution in [0.4, 0.5) is 0 Å². The minimum atomic E-state index is -0.461. The Bertz CT molecular complexity index is 346. The first-order chi connectivity index (χ1) is 6.44. The molecule has 0 aliphatic rings. The first-order valence-electron chi connectivity index (χ1n) is 4.70. The molecule has 1 rings (SSSR count). The topological polar surface area (TPSA) is 35.8 Å². The van der Waals surface area contributed by atoms with Crippen molar-refractivity contribution in [2.24, 2.45) is 0 Å². The van der Waals surface area contributed by atoms with Gasteiger partial charge in [-0.05, 0) is 39.8 Å². The van der Waals surface area contributed by atoms with E-state index >= 15 is 0 Å². The molecule has 1 atom stereocenters. The Labute approximate surface area is 89.6 Å². The lowest BCUT2D eigenvalue weighted by Crippen LogP contribution is -2.39. The minimum Gasteiger partial charge on any atom is -0.292 e. The Morgan fingerprint density at radius 2 is 2.14 bits per heavy atom. The van der Waals surface area contributed by atoms with E-state index in [0.717, 1.165) is 0 Å². The van der Waals surface area contributed by atoms with Crippen LogP contribution in [0.3, 0.4) is 0 Å². The van der Waals surface area contributed by atoms with Crippen molar-refractivity contribution in [3.05, 3.63) is 21.9 Å². The zero-order valence-electron chi connectivity index (χ0n) is 9.09. The highest BCUT2D eigenvalue weighted by Crippen LogP contribution is 2.23. The minimum absolute atomic E-state index is 0.239. The van der Waals surface area contributed by atoms with Crippen molar-refractivity contribution < 1.29 is 0 Å². The Morgan fingerprint density at radius 1 is 1.50 bits per heavy atom.